The van der Waals surface area contributed by atoms with Crippen LogP contribution in [0.4, 0.5) is 0 Å². The second-order valence-electron chi connectivity index (χ2n) is 4.70. The minimum atomic E-state index is -0.378. The number of carbonyl (C=O) groups is 1. The van der Waals surface area contributed by atoms with Gasteiger partial charge >= 0.3 is 0 Å². The first-order chi connectivity index (χ1) is 8.15. The van der Waals surface area contributed by atoms with E-state index < -0.39 is 0 Å². The number of hydrogen-bond donors (Lipinski definition) is 2. The Bertz CT molecular complexity index is 388. The van der Waals surface area contributed by atoms with E-state index in [9.17, 15) is 4.79 Å². The zero-order valence-electron chi connectivity index (χ0n) is 9.93. The van der Waals surface area contributed by atoms with E-state index in [0.717, 1.165) is 26.1 Å². The van der Waals surface area contributed by atoms with Gasteiger partial charge in [0.2, 0.25) is 5.91 Å². The van der Waals surface area contributed by atoms with Crippen molar-refractivity contribution < 1.29 is 4.79 Å². The van der Waals surface area contributed by atoms with Crippen LogP contribution in [-0.4, -0.2) is 29.9 Å². The molecule has 1 aromatic carbocycles. The van der Waals surface area contributed by atoms with E-state index in [4.69, 9.17) is 11.5 Å². The molecule has 1 heterocycles. The van der Waals surface area contributed by atoms with Crippen molar-refractivity contribution in [3.8, 4) is 0 Å². The highest BCUT2D eigenvalue weighted by molar-refractivity contribution is 5.92. The highest BCUT2D eigenvalue weighted by Gasteiger charge is 2.16. The Kier molecular flexibility index (Phi) is 3.76. The van der Waals surface area contributed by atoms with Crippen LogP contribution in [0.3, 0.4) is 0 Å². The van der Waals surface area contributed by atoms with Gasteiger partial charge in [0.25, 0.3) is 0 Å². The summed E-state index contributed by atoms with van der Waals surface area (Å²) in [6, 6.07) is 7.78. The van der Waals surface area contributed by atoms with Crippen LogP contribution < -0.4 is 11.5 Å². The van der Waals surface area contributed by atoms with Crippen molar-refractivity contribution in [3.63, 3.8) is 0 Å². The summed E-state index contributed by atoms with van der Waals surface area (Å²) >= 11 is 0. The van der Waals surface area contributed by atoms with E-state index in [1.54, 1.807) is 12.1 Å². The maximum absolute atomic E-state index is 10.9. The van der Waals surface area contributed by atoms with E-state index in [1.807, 2.05) is 12.1 Å². The van der Waals surface area contributed by atoms with Gasteiger partial charge < -0.3 is 11.5 Å². The second-order valence-corrected chi connectivity index (χ2v) is 4.70. The zero-order chi connectivity index (χ0) is 12.3. The largest absolute Gasteiger partial charge is 0.366 e. The Hall–Kier alpha value is -1.39. The van der Waals surface area contributed by atoms with E-state index in [-0.39, 0.29) is 5.91 Å². The molecule has 0 saturated carbocycles. The fourth-order valence-electron chi connectivity index (χ4n) is 2.27. The molecule has 1 saturated heterocycles. The lowest BCUT2D eigenvalue weighted by atomic mass is 10.1. The highest BCUT2D eigenvalue weighted by atomic mass is 16.1. The fraction of sp³-hybridized carbons (Fsp3) is 0.462. The van der Waals surface area contributed by atoms with Gasteiger partial charge in [-0.3, -0.25) is 9.69 Å². The molecule has 1 fully saturated rings. The van der Waals surface area contributed by atoms with Gasteiger partial charge in [-0.25, -0.2) is 0 Å². The number of likely N-dealkylation sites (tertiary alicyclic amines) is 1. The molecule has 92 valence electrons. The normalized spacial score (nSPS) is 21.4. The molecule has 4 nitrogen and oxygen atoms in total. The molecule has 1 unspecified atom stereocenters. The first-order valence-corrected chi connectivity index (χ1v) is 6.02. The smallest absolute Gasteiger partial charge is 0.248 e. The molecular weight excluding hydrogens is 214 g/mol. The summed E-state index contributed by atoms with van der Waals surface area (Å²) in [4.78, 5) is 13.3. The minimum Gasteiger partial charge on any atom is -0.366 e. The topological polar surface area (TPSA) is 72.4 Å². The van der Waals surface area contributed by atoms with Gasteiger partial charge in [-0.1, -0.05) is 12.1 Å². The second kappa shape index (κ2) is 5.29. The molecule has 4 N–H and O–H groups in total. The SMILES string of the molecule is NC(=O)c1ccc(CN2CCCC(N)C2)cc1. The molecule has 0 aliphatic carbocycles. The van der Waals surface area contributed by atoms with Crippen molar-refractivity contribution in [3.05, 3.63) is 35.4 Å². The molecule has 1 amide bonds. The van der Waals surface area contributed by atoms with Gasteiger partial charge in [-0.05, 0) is 37.1 Å². The molecule has 17 heavy (non-hydrogen) atoms. The minimum absolute atomic E-state index is 0.300. The first-order valence-electron chi connectivity index (χ1n) is 6.02. The third kappa shape index (κ3) is 3.28. The quantitative estimate of drug-likeness (QED) is 0.807. The molecular formula is C13H19N3O. The number of amides is 1. The Labute approximate surface area is 102 Å². The van der Waals surface area contributed by atoms with Crippen LogP contribution in [0.25, 0.3) is 0 Å². The van der Waals surface area contributed by atoms with Crippen LogP contribution in [0.5, 0.6) is 0 Å². The monoisotopic (exact) mass is 233 g/mol. The number of nitrogens with two attached hydrogens (primary N) is 2. The molecule has 0 aromatic heterocycles. The Balaban J connectivity index is 1.96. The molecule has 2 rings (SSSR count). The number of carbonyl (C=O) groups excluding carboxylic acids is 1. The highest BCUT2D eigenvalue weighted by Crippen LogP contribution is 2.13. The molecule has 1 atom stereocenters. The molecule has 1 aliphatic heterocycles. The zero-order valence-corrected chi connectivity index (χ0v) is 9.93. The summed E-state index contributed by atoms with van der Waals surface area (Å²) in [5.74, 6) is -0.378. The Morgan fingerprint density at radius 3 is 2.65 bits per heavy atom. The van der Waals surface area contributed by atoms with Crippen LogP contribution in [0, 0.1) is 0 Å². The summed E-state index contributed by atoms with van der Waals surface area (Å²) in [6.07, 6.45) is 2.29. The first kappa shape index (κ1) is 12.1. The van der Waals surface area contributed by atoms with Crippen molar-refractivity contribution in [1.29, 1.82) is 0 Å². The van der Waals surface area contributed by atoms with Crippen LogP contribution in [-0.2, 0) is 6.54 Å². The third-order valence-electron chi connectivity index (χ3n) is 3.19. The van der Waals surface area contributed by atoms with Crippen molar-refractivity contribution in [2.45, 2.75) is 25.4 Å². The number of piperidine rings is 1. The average molecular weight is 233 g/mol. The number of primary amides is 1. The number of hydrogen-bond acceptors (Lipinski definition) is 3. The molecule has 4 heteroatoms. The summed E-state index contributed by atoms with van der Waals surface area (Å²) < 4.78 is 0. The lowest BCUT2D eigenvalue weighted by Gasteiger charge is -2.30. The maximum atomic E-state index is 10.9. The lowest BCUT2D eigenvalue weighted by Crippen LogP contribution is -2.42. The lowest BCUT2D eigenvalue weighted by molar-refractivity contribution is 0.100. The number of benzene rings is 1. The van der Waals surface area contributed by atoms with Gasteiger partial charge in [0.15, 0.2) is 0 Å². The van der Waals surface area contributed by atoms with Crippen LogP contribution >= 0.6 is 0 Å². The van der Waals surface area contributed by atoms with Gasteiger partial charge in [0, 0.05) is 24.7 Å². The van der Waals surface area contributed by atoms with Gasteiger partial charge in [-0.2, -0.15) is 0 Å². The van der Waals surface area contributed by atoms with Gasteiger partial charge in [-0.15, -0.1) is 0 Å². The van der Waals surface area contributed by atoms with E-state index in [0.29, 0.717) is 11.6 Å². The average Bonchev–Trinajstić information content (AvgIpc) is 2.29. The van der Waals surface area contributed by atoms with Crippen LogP contribution in [0.1, 0.15) is 28.8 Å². The van der Waals surface area contributed by atoms with E-state index in [1.165, 1.54) is 12.0 Å². The van der Waals surface area contributed by atoms with E-state index in [2.05, 4.69) is 4.90 Å². The summed E-state index contributed by atoms with van der Waals surface area (Å²) in [7, 11) is 0. The standard InChI is InChI=1S/C13H19N3O/c14-12-2-1-7-16(9-12)8-10-3-5-11(6-4-10)13(15)17/h3-6,12H,1-2,7-9,14H2,(H2,15,17). The predicted molar refractivity (Wildman–Crippen MR) is 67.4 cm³/mol. The maximum Gasteiger partial charge on any atom is 0.248 e. The van der Waals surface area contributed by atoms with Gasteiger partial charge in [0.05, 0.1) is 0 Å². The van der Waals surface area contributed by atoms with Crippen molar-refractivity contribution in [2.75, 3.05) is 13.1 Å². The fourth-order valence-corrected chi connectivity index (χ4v) is 2.27. The Morgan fingerprint density at radius 2 is 2.06 bits per heavy atom. The van der Waals surface area contributed by atoms with Crippen molar-refractivity contribution in [1.82, 2.24) is 4.90 Å². The van der Waals surface area contributed by atoms with Crippen molar-refractivity contribution >= 4 is 5.91 Å². The van der Waals surface area contributed by atoms with E-state index >= 15 is 0 Å². The number of rotatable bonds is 3. The number of nitrogens with zero attached hydrogens (tertiary/aromatic N) is 1. The molecule has 0 spiro atoms. The molecule has 1 aromatic rings. The summed E-state index contributed by atoms with van der Waals surface area (Å²) in [5, 5.41) is 0. The summed E-state index contributed by atoms with van der Waals surface area (Å²) in [5.41, 5.74) is 12.9. The van der Waals surface area contributed by atoms with Gasteiger partial charge in [0.1, 0.15) is 0 Å². The van der Waals surface area contributed by atoms with Crippen molar-refractivity contribution in [2.24, 2.45) is 11.5 Å². The molecule has 1 aliphatic rings. The third-order valence-corrected chi connectivity index (χ3v) is 3.19. The van der Waals surface area contributed by atoms with Crippen LogP contribution in [0.15, 0.2) is 24.3 Å². The predicted octanol–water partition coefficient (Wildman–Crippen LogP) is 0.709. The Morgan fingerprint density at radius 1 is 1.35 bits per heavy atom. The summed E-state index contributed by atoms with van der Waals surface area (Å²) in [6.45, 7) is 2.95. The molecule has 0 bridgehead atoms. The molecule has 0 radical (unpaired) electrons. The van der Waals surface area contributed by atoms with Crippen LogP contribution in [0.2, 0.25) is 0 Å².